The normalized spacial score (nSPS) is 14.3. The molecule has 0 aromatic heterocycles. The van der Waals surface area contributed by atoms with Crippen molar-refractivity contribution in [2.75, 3.05) is 6.61 Å². The Morgan fingerprint density at radius 2 is 1.90 bits per heavy atom. The van der Waals surface area contributed by atoms with Crippen molar-refractivity contribution in [3.05, 3.63) is 0 Å². The van der Waals surface area contributed by atoms with Crippen LogP contribution in [0.2, 0.25) is 0 Å². The van der Waals surface area contributed by atoms with Crippen molar-refractivity contribution in [2.45, 2.75) is 45.1 Å². The fourth-order valence-corrected chi connectivity index (χ4v) is 1.48. The van der Waals surface area contributed by atoms with Crippen molar-refractivity contribution in [2.24, 2.45) is 0 Å². The van der Waals surface area contributed by atoms with Crippen LogP contribution >= 0.6 is 0 Å². The predicted octanol–water partition coefficient (Wildman–Crippen LogP) is 0.665. The maximum atomic E-state index is 14.0. The molecule has 0 N–H and O–H groups in total. The fraction of sp³-hybridized carbons (Fsp3) is 0.667. The molecule has 20 heavy (non-hydrogen) atoms. The molecule has 0 aromatic carbocycles. The minimum Gasteiger partial charge on any atom is -0.464 e. The van der Waals surface area contributed by atoms with E-state index in [4.69, 9.17) is 14.7 Å². The first kappa shape index (κ1) is 17.8. The smallest absolute Gasteiger partial charge is 0.303 e. The molecule has 0 fully saturated rings. The molecule has 0 aliphatic rings. The van der Waals surface area contributed by atoms with Crippen molar-refractivity contribution in [3.8, 4) is 6.07 Å². The number of nitrogens with zero attached hydrogens (tertiary/aromatic N) is 1. The van der Waals surface area contributed by atoms with Gasteiger partial charge in [-0.2, -0.15) is 5.26 Å². The van der Waals surface area contributed by atoms with Crippen LogP contribution in [0, 0.1) is 11.3 Å². The number of hydrogen-bond donors (Lipinski definition) is 0. The highest BCUT2D eigenvalue weighted by atomic mass is 19.1. The van der Waals surface area contributed by atoms with E-state index in [1.807, 2.05) is 0 Å². The minimum atomic E-state index is -1.72. The third-order valence-corrected chi connectivity index (χ3v) is 2.20. The van der Waals surface area contributed by atoms with Gasteiger partial charge in [0.15, 0.2) is 12.2 Å². The van der Waals surface area contributed by atoms with Gasteiger partial charge in [0.05, 0.1) is 6.07 Å². The third kappa shape index (κ3) is 7.31. The Morgan fingerprint density at radius 3 is 2.35 bits per heavy atom. The predicted molar refractivity (Wildman–Crippen MR) is 62.9 cm³/mol. The van der Waals surface area contributed by atoms with E-state index in [2.05, 4.69) is 4.74 Å². The van der Waals surface area contributed by atoms with E-state index in [0.29, 0.717) is 0 Å². The molecule has 7 nitrogen and oxygen atoms in total. The Balaban J connectivity index is 4.96. The molecule has 0 unspecified atom stereocenters. The van der Waals surface area contributed by atoms with Gasteiger partial charge in [0.1, 0.15) is 12.8 Å². The molecule has 0 aliphatic carbocycles. The summed E-state index contributed by atoms with van der Waals surface area (Å²) in [6.45, 7) is 1.80. The topological polar surface area (TPSA) is 103 Å². The molecule has 112 valence electrons. The molecule has 0 aromatic rings. The molecule has 0 spiro atoms. The molecule has 0 aliphatic heterocycles. The van der Waals surface area contributed by atoms with Gasteiger partial charge in [-0.3, -0.25) is 14.4 Å². The molecule has 0 amide bonds. The molecule has 0 radical (unpaired) electrons. The Labute approximate surface area is 115 Å². The van der Waals surface area contributed by atoms with Crippen LogP contribution in [0.4, 0.5) is 4.39 Å². The second-order valence-corrected chi connectivity index (χ2v) is 3.86. The Hall–Kier alpha value is -2.17. The van der Waals surface area contributed by atoms with Crippen molar-refractivity contribution >= 4 is 18.4 Å². The van der Waals surface area contributed by atoms with E-state index in [-0.39, 0.29) is 19.3 Å². The highest BCUT2D eigenvalue weighted by molar-refractivity contribution is 5.67. The van der Waals surface area contributed by atoms with Gasteiger partial charge in [0, 0.05) is 20.3 Å². The van der Waals surface area contributed by atoms with Crippen molar-refractivity contribution in [3.63, 3.8) is 0 Å². The number of carbonyl (C=O) groups excluding carboxylic acids is 3. The Kier molecular flexibility index (Phi) is 8.67. The van der Waals surface area contributed by atoms with Gasteiger partial charge in [-0.1, -0.05) is 0 Å². The number of nitriles is 1. The first-order valence-corrected chi connectivity index (χ1v) is 5.83. The average Bonchev–Trinajstić information content (AvgIpc) is 2.37. The molecule has 0 bridgehead atoms. The molecular formula is C12H16FNO6. The lowest BCUT2D eigenvalue weighted by molar-refractivity contribution is -0.176. The summed E-state index contributed by atoms with van der Waals surface area (Å²) >= 11 is 0. The second kappa shape index (κ2) is 9.72. The quantitative estimate of drug-likeness (QED) is 0.349. The van der Waals surface area contributed by atoms with Gasteiger partial charge in [-0.15, -0.1) is 0 Å². The summed E-state index contributed by atoms with van der Waals surface area (Å²) in [5.41, 5.74) is 0. The van der Waals surface area contributed by atoms with Crippen molar-refractivity contribution in [1.82, 2.24) is 0 Å². The number of halogens is 1. The zero-order valence-corrected chi connectivity index (χ0v) is 11.2. The molecular weight excluding hydrogens is 273 g/mol. The lowest BCUT2D eigenvalue weighted by Gasteiger charge is -2.27. The molecule has 0 saturated carbocycles. The summed E-state index contributed by atoms with van der Waals surface area (Å²) in [4.78, 5) is 32.1. The standard InChI is InChI=1S/C12H16FNO6/c1-8(16)19-11(6-18-7-15)12(20-9(2)17)10(13)4-3-5-14/h7,10-12H,3-4,6H2,1-2H3/t10-,11+,12-/m1/s1. The summed E-state index contributed by atoms with van der Waals surface area (Å²) in [5.74, 6) is -1.52. The lowest BCUT2D eigenvalue weighted by Crippen LogP contribution is -2.44. The number of rotatable bonds is 9. The SMILES string of the molecule is CC(=O)O[C@H]([C@H](F)CCC#N)[C@H](COC=O)OC(C)=O. The summed E-state index contributed by atoms with van der Waals surface area (Å²) in [6.07, 6.45) is -4.73. The van der Waals surface area contributed by atoms with Gasteiger partial charge in [-0.25, -0.2) is 4.39 Å². The average molecular weight is 289 g/mol. The van der Waals surface area contributed by atoms with E-state index >= 15 is 0 Å². The lowest BCUT2D eigenvalue weighted by atomic mass is 10.0. The number of ether oxygens (including phenoxy) is 3. The van der Waals surface area contributed by atoms with Crippen LogP contribution in [0.5, 0.6) is 0 Å². The van der Waals surface area contributed by atoms with E-state index in [1.54, 1.807) is 6.07 Å². The summed E-state index contributed by atoms with van der Waals surface area (Å²) in [7, 11) is 0. The van der Waals surface area contributed by atoms with Crippen LogP contribution in [-0.4, -0.2) is 43.4 Å². The third-order valence-electron chi connectivity index (χ3n) is 2.20. The number of alkyl halides is 1. The maximum absolute atomic E-state index is 14.0. The zero-order chi connectivity index (χ0) is 15.5. The van der Waals surface area contributed by atoms with Gasteiger partial charge in [-0.05, 0) is 6.42 Å². The Bertz CT molecular complexity index is 381. The minimum absolute atomic E-state index is 0.0970. The van der Waals surface area contributed by atoms with Crippen LogP contribution in [0.15, 0.2) is 0 Å². The number of esters is 2. The van der Waals surface area contributed by atoms with E-state index in [9.17, 15) is 18.8 Å². The van der Waals surface area contributed by atoms with E-state index in [0.717, 1.165) is 13.8 Å². The zero-order valence-electron chi connectivity index (χ0n) is 11.2. The Morgan fingerprint density at radius 1 is 1.30 bits per heavy atom. The monoisotopic (exact) mass is 289 g/mol. The van der Waals surface area contributed by atoms with Crippen LogP contribution in [0.3, 0.4) is 0 Å². The fourth-order valence-electron chi connectivity index (χ4n) is 1.48. The van der Waals surface area contributed by atoms with Gasteiger partial charge in [0.2, 0.25) is 0 Å². The van der Waals surface area contributed by atoms with Gasteiger partial charge < -0.3 is 14.2 Å². The molecule has 0 saturated heterocycles. The molecule has 8 heteroatoms. The first-order valence-electron chi connectivity index (χ1n) is 5.83. The summed E-state index contributed by atoms with van der Waals surface area (Å²) in [5, 5.41) is 8.42. The summed E-state index contributed by atoms with van der Waals surface area (Å²) in [6, 6.07) is 1.75. The van der Waals surface area contributed by atoms with E-state index in [1.165, 1.54) is 0 Å². The van der Waals surface area contributed by atoms with Crippen LogP contribution in [0.25, 0.3) is 0 Å². The van der Waals surface area contributed by atoms with E-state index < -0.39 is 36.9 Å². The maximum Gasteiger partial charge on any atom is 0.303 e. The number of carbonyl (C=O) groups is 3. The van der Waals surface area contributed by atoms with Crippen LogP contribution in [0.1, 0.15) is 26.7 Å². The second-order valence-electron chi connectivity index (χ2n) is 3.86. The molecule has 0 heterocycles. The van der Waals surface area contributed by atoms with Crippen molar-refractivity contribution in [1.29, 1.82) is 5.26 Å². The molecule has 3 atom stereocenters. The van der Waals surface area contributed by atoms with Crippen LogP contribution in [-0.2, 0) is 28.6 Å². The highest BCUT2D eigenvalue weighted by Gasteiger charge is 2.35. The van der Waals surface area contributed by atoms with Crippen LogP contribution < -0.4 is 0 Å². The molecule has 0 rings (SSSR count). The summed E-state index contributed by atoms with van der Waals surface area (Å²) < 4.78 is 28.0. The highest BCUT2D eigenvalue weighted by Crippen LogP contribution is 2.17. The van der Waals surface area contributed by atoms with Gasteiger partial charge in [0.25, 0.3) is 6.47 Å². The van der Waals surface area contributed by atoms with Crippen molar-refractivity contribution < 1.29 is 33.0 Å². The largest absolute Gasteiger partial charge is 0.464 e. The first-order chi connectivity index (χ1) is 9.42. The van der Waals surface area contributed by atoms with Gasteiger partial charge >= 0.3 is 11.9 Å². The number of hydrogen-bond acceptors (Lipinski definition) is 7.